The molecule has 0 aliphatic carbocycles. The van der Waals surface area contributed by atoms with Gasteiger partial charge in [0.05, 0.1) is 0 Å². The van der Waals surface area contributed by atoms with E-state index >= 15 is 0 Å². The molecule has 0 bridgehead atoms. The van der Waals surface area contributed by atoms with Crippen LogP contribution >= 0.6 is 0 Å². The van der Waals surface area contributed by atoms with Crippen molar-refractivity contribution in [2.75, 3.05) is 0 Å². The summed E-state index contributed by atoms with van der Waals surface area (Å²) in [5.74, 6) is 1.02. The summed E-state index contributed by atoms with van der Waals surface area (Å²) >= 11 is 0. The van der Waals surface area contributed by atoms with Crippen molar-refractivity contribution >= 4 is 21.9 Å². The van der Waals surface area contributed by atoms with Gasteiger partial charge in [0.25, 0.3) is 0 Å². The molecule has 2 heterocycles. The molecule has 0 amide bonds. The van der Waals surface area contributed by atoms with Gasteiger partial charge in [-0.2, -0.15) is 0 Å². The second-order valence-corrected chi connectivity index (χ2v) is 6.41. The molecule has 3 rings (SSSR count). The van der Waals surface area contributed by atoms with Gasteiger partial charge in [-0.15, -0.1) is 0 Å². The first-order valence-corrected chi connectivity index (χ1v) is 8.39. The van der Waals surface area contributed by atoms with Gasteiger partial charge in [0.15, 0.2) is 0 Å². The standard InChI is InChI=1S/C20H24O3/c1-7-9-14-18-17(12(5)15(8-2)22-18)13(6)16-10(3)11(4)20(21)23-19(14)16/h7-9H2,1-6H3. The normalized spacial score (nSPS) is 11.7. The number of hydrogen-bond acceptors (Lipinski definition) is 3. The highest BCUT2D eigenvalue weighted by Crippen LogP contribution is 2.39. The van der Waals surface area contributed by atoms with Gasteiger partial charge >= 0.3 is 5.63 Å². The van der Waals surface area contributed by atoms with E-state index in [2.05, 4.69) is 27.7 Å². The third-order valence-electron chi connectivity index (χ3n) is 5.03. The fourth-order valence-electron chi connectivity index (χ4n) is 3.66. The van der Waals surface area contributed by atoms with Crippen molar-refractivity contribution in [3.8, 4) is 0 Å². The van der Waals surface area contributed by atoms with Crippen LogP contribution in [0.2, 0.25) is 0 Å². The van der Waals surface area contributed by atoms with Crippen LogP contribution in [0, 0.1) is 27.7 Å². The van der Waals surface area contributed by atoms with Crippen LogP contribution in [0.5, 0.6) is 0 Å². The topological polar surface area (TPSA) is 43.4 Å². The summed E-state index contributed by atoms with van der Waals surface area (Å²) in [6.45, 7) is 12.3. The smallest absolute Gasteiger partial charge is 0.339 e. The summed E-state index contributed by atoms with van der Waals surface area (Å²) in [5.41, 5.74) is 6.48. The largest absolute Gasteiger partial charge is 0.460 e. The van der Waals surface area contributed by atoms with E-state index in [-0.39, 0.29) is 5.63 Å². The lowest BCUT2D eigenvalue weighted by atomic mass is 9.93. The molecule has 3 nitrogen and oxygen atoms in total. The van der Waals surface area contributed by atoms with Crippen molar-refractivity contribution in [2.45, 2.75) is 60.8 Å². The Morgan fingerprint density at radius 2 is 1.39 bits per heavy atom. The molecule has 1 aromatic carbocycles. The van der Waals surface area contributed by atoms with Crippen LogP contribution in [0.3, 0.4) is 0 Å². The maximum absolute atomic E-state index is 12.2. The average molecular weight is 312 g/mol. The van der Waals surface area contributed by atoms with E-state index in [1.54, 1.807) is 0 Å². The minimum atomic E-state index is -0.245. The van der Waals surface area contributed by atoms with Crippen molar-refractivity contribution in [1.29, 1.82) is 0 Å². The van der Waals surface area contributed by atoms with Gasteiger partial charge < -0.3 is 8.83 Å². The lowest BCUT2D eigenvalue weighted by Gasteiger charge is -2.13. The summed E-state index contributed by atoms with van der Waals surface area (Å²) < 4.78 is 11.9. The summed E-state index contributed by atoms with van der Waals surface area (Å²) in [6, 6.07) is 0. The zero-order valence-corrected chi connectivity index (χ0v) is 14.8. The lowest BCUT2D eigenvalue weighted by Crippen LogP contribution is -2.08. The first-order chi connectivity index (χ1) is 10.9. The molecule has 0 atom stereocenters. The highest BCUT2D eigenvalue weighted by atomic mass is 16.4. The van der Waals surface area contributed by atoms with E-state index in [1.807, 2.05) is 13.8 Å². The van der Waals surface area contributed by atoms with Crippen LogP contribution < -0.4 is 5.63 Å². The van der Waals surface area contributed by atoms with Crippen molar-refractivity contribution in [3.05, 3.63) is 44.0 Å². The van der Waals surface area contributed by atoms with Gasteiger partial charge in [0.1, 0.15) is 16.9 Å². The number of rotatable bonds is 3. The maximum Gasteiger partial charge on any atom is 0.339 e. The van der Waals surface area contributed by atoms with Crippen molar-refractivity contribution in [2.24, 2.45) is 0 Å². The summed E-state index contributed by atoms with van der Waals surface area (Å²) in [7, 11) is 0. The Morgan fingerprint density at radius 3 is 2.00 bits per heavy atom. The number of furan rings is 1. The van der Waals surface area contributed by atoms with Crippen molar-refractivity contribution in [1.82, 2.24) is 0 Å². The molecule has 2 aromatic heterocycles. The van der Waals surface area contributed by atoms with E-state index in [0.717, 1.165) is 52.7 Å². The Hall–Kier alpha value is -2.03. The Morgan fingerprint density at radius 1 is 0.783 bits per heavy atom. The molecule has 0 saturated heterocycles. The Bertz CT molecular complexity index is 971. The zero-order chi connectivity index (χ0) is 16.9. The predicted octanol–water partition coefficient (Wildman–Crippen LogP) is 5.29. The zero-order valence-electron chi connectivity index (χ0n) is 14.8. The van der Waals surface area contributed by atoms with Gasteiger partial charge in [0.2, 0.25) is 0 Å². The maximum atomic E-state index is 12.2. The molecule has 0 aliphatic heterocycles. The van der Waals surface area contributed by atoms with E-state index < -0.39 is 0 Å². The molecule has 0 N–H and O–H groups in total. The van der Waals surface area contributed by atoms with E-state index in [4.69, 9.17) is 8.83 Å². The minimum absolute atomic E-state index is 0.245. The van der Waals surface area contributed by atoms with Gasteiger partial charge in [-0.05, 0) is 50.8 Å². The SMILES string of the molecule is CCCc1c2oc(CC)c(C)c2c(C)c2c(C)c(C)c(=O)oc12. The Kier molecular flexibility index (Phi) is 3.83. The Balaban J connectivity index is 2.65. The van der Waals surface area contributed by atoms with Crippen molar-refractivity contribution < 1.29 is 8.83 Å². The van der Waals surface area contributed by atoms with Crippen molar-refractivity contribution in [3.63, 3.8) is 0 Å². The van der Waals surface area contributed by atoms with Crippen LogP contribution in [-0.4, -0.2) is 0 Å². The highest BCUT2D eigenvalue weighted by Gasteiger charge is 2.22. The monoisotopic (exact) mass is 312 g/mol. The lowest BCUT2D eigenvalue weighted by molar-refractivity contribution is 0.536. The minimum Gasteiger partial charge on any atom is -0.460 e. The summed E-state index contributed by atoms with van der Waals surface area (Å²) in [5, 5.41) is 2.26. The first kappa shape index (κ1) is 15.9. The highest BCUT2D eigenvalue weighted by molar-refractivity contribution is 6.04. The van der Waals surface area contributed by atoms with Gasteiger partial charge in [-0.25, -0.2) is 4.79 Å². The van der Waals surface area contributed by atoms with Crippen LogP contribution in [0.15, 0.2) is 13.6 Å². The third kappa shape index (κ3) is 2.13. The predicted molar refractivity (Wildman–Crippen MR) is 94.6 cm³/mol. The molecule has 0 unspecified atom stereocenters. The van der Waals surface area contributed by atoms with Gasteiger partial charge in [-0.3, -0.25) is 0 Å². The number of benzene rings is 1. The van der Waals surface area contributed by atoms with Gasteiger partial charge in [-0.1, -0.05) is 20.3 Å². The van der Waals surface area contributed by atoms with Crippen LogP contribution in [0.1, 0.15) is 53.8 Å². The fourth-order valence-corrected chi connectivity index (χ4v) is 3.66. The fraction of sp³-hybridized carbons (Fsp3) is 0.450. The number of hydrogen-bond donors (Lipinski definition) is 0. The molecule has 122 valence electrons. The molecule has 0 spiro atoms. The molecule has 0 saturated carbocycles. The molecule has 3 heteroatoms. The Labute approximate surface area is 136 Å². The van der Waals surface area contributed by atoms with Crippen LogP contribution in [-0.2, 0) is 12.8 Å². The van der Waals surface area contributed by atoms with E-state index in [9.17, 15) is 4.79 Å². The third-order valence-corrected chi connectivity index (χ3v) is 5.03. The second-order valence-electron chi connectivity index (χ2n) is 6.41. The molecular formula is C20H24O3. The second kappa shape index (κ2) is 5.55. The quantitative estimate of drug-likeness (QED) is 0.617. The van der Waals surface area contributed by atoms with E-state index in [0.29, 0.717) is 11.1 Å². The molecule has 3 aromatic rings. The summed E-state index contributed by atoms with van der Waals surface area (Å²) in [4.78, 5) is 12.2. The molecule has 0 fully saturated rings. The molecular weight excluding hydrogens is 288 g/mol. The van der Waals surface area contributed by atoms with Crippen LogP contribution in [0.25, 0.3) is 21.9 Å². The molecule has 0 aliphatic rings. The summed E-state index contributed by atoms with van der Waals surface area (Å²) in [6.07, 6.45) is 2.68. The number of aryl methyl sites for hydroxylation is 5. The van der Waals surface area contributed by atoms with Gasteiger partial charge in [0, 0.05) is 28.3 Å². The van der Waals surface area contributed by atoms with Crippen LogP contribution in [0.4, 0.5) is 0 Å². The average Bonchev–Trinajstić information content (AvgIpc) is 2.85. The first-order valence-electron chi connectivity index (χ1n) is 8.39. The number of fused-ring (bicyclic) bond motifs is 2. The van der Waals surface area contributed by atoms with E-state index in [1.165, 1.54) is 10.9 Å². The molecule has 0 radical (unpaired) electrons. The molecule has 23 heavy (non-hydrogen) atoms.